The van der Waals surface area contributed by atoms with Gasteiger partial charge in [0.05, 0.1) is 12.2 Å². The quantitative estimate of drug-likeness (QED) is 0.404. The van der Waals surface area contributed by atoms with Crippen LogP contribution in [0.4, 0.5) is 0 Å². The monoisotopic (exact) mass is 410 g/mol. The maximum Gasteiger partial charge on any atom is 0.334 e. The van der Waals surface area contributed by atoms with E-state index < -0.39 is 0 Å². The normalized spacial score (nSPS) is 26.0. The van der Waals surface area contributed by atoms with Crippen molar-refractivity contribution in [2.45, 2.75) is 57.3 Å². The molecule has 1 N–H and O–H groups in total. The molecule has 5 heteroatoms. The molecule has 1 heterocycles. The lowest BCUT2D eigenvalue weighted by atomic mass is 9.56. The highest BCUT2D eigenvalue weighted by molar-refractivity contribution is 6.03. The highest BCUT2D eigenvalue weighted by atomic mass is 16.5. The lowest BCUT2D eigenvalue weighted by Crippen LogP contribution is -2.43. The van der Waals surface area contributed by atoms with E-state index in [9.17, 15) is 14.7 Å². The molecule has 1 aromatic rings. The van der Waals surface area contributed by atoms with Gasteiger partial charge < -0.3 is 14.6 Å². The van der Waals surface area contributed by atoms with E-state index in [1.54, 1.807) is 6.08 Å². The molecule has 4 rings (SSSR count). The van der Waals surface area contributed by atoms with Crippen molar-refractivity contribution in [1.82, 2.24) is 0 Å². The summed E-state index contributed by atoms with van der Waals surface area (Å²) >= 11 is 0. The maximum atomic E-state index is 13.2. The number of ketones is 1. The molecule has 0 aromatic heterocycles. The van der Waals surface area contributed by atoms with Gasteiger partial charge in [-0.05, 0) is 30.4 Å². The maximum absolute atomic E-state index is 13.2. The standard InChI is InChI=1S/C25H30O5/c1-4-6-11-29-13-15(5-2)16-7-8-19-22(23(16)27)21(26)12-20-18-14-30-24(28)17(18)9-10-25(19,20)3/h5,7-8,15,20,27H,2,4,6,9-14H2,1,3H3/t15?,20-,25+/m0/s1. The number of rotatable bonds is 7. The Hall–Kier alpha value is -2.40. The summed E-state index contributed by atoms with van der Waals surface area (Å²) in [6, 6.07) is 3.89. The highest BCUT2D eigenvalue weighted by Gasteiger charge is 2.51. The largest absolute Gasteiger partial charge is 0.507 e. The summed E-state index contributed by atoms with van der Waals surface area (Å²) in [5.41, 5.74) is 3.43. The van der Waals surface area contributed by atoms with Crippen molar-refractivity contribution in [2.24, 2.45) is 5.92 Å². The molecule has 5 nitrogen and oxygen atoms in total. The van der Waals surface area contributed by atoms with Crippen molar-refractivity contribution in [3.63, 3.8) is 0 Å². The Balaban J connectivity index is 1.70. The minimum absolute atomic E-state index is 0.0504. The van der Waals surface area contributed by atoms with Crippen molar-refractivity contribution >= 4 is 11.8 Å². The molecule has 160 valence electrons. The predicted octanol–water partition coefficient (Wildman–Crippen LogP) is 4.59. The number of ether oxygens (including phenoxy) is 2. The molecule has 30 heavy (non-hydrogen) atoms. The number of hydrogen-bond donors (Lipinski definition) is 1. The number of phenols is 1. The molecular formula is C25H30O5. The van der Waals surface area contributed by atoms with Crippen molar-refractivity contribution in [1.29, 1.82) is 0 Å². The molecule has 0 bridgehead atoms. The van der Waals surface area contributed by atoms with Gasteiger partial charge in [-0.15, -0.1) is 6.58 Å². The van der Waals surface area contributed by atoms with Crippen molar-refractivity contribution in [2.75, 3.05) is 19.8 Å². The van der Waals surface area contributed by atoms with Crippen LogP contribution in [0.2, 0.25) is 0 Å². The van der Waals surface area contributed by atoms with E-state index >= 15 is 0 Å². The topological polar surface area (TPSA) is 72.8 Å². The third-order valence-corrected chi connectivity index (χ3v) is 7.19. The number of hydrogen-bond acceptors (Lipinski definition) is 5. The highest BCUT2D eigenvalue weighted by Crippen LogP contribution is 2.55. The second kappa shape index (κ2) is 8.03. The first-order chi connectivity index (χ1) is 14.4. The van der Waals surface area contributed by atoms with Crippen LogP contribution in [0.3, 0.4) is 0 Å². The van der Waals surface area contributed by atoms with Crippen LogP contribution >= 0.6 is 0 Å². The van der Waals surface area contributed by atoms with Crippen LogP contribution < -0.4 is 0 Å². The lowest BCUT2D eigenvalue weighted by molar-refractivity contribution is -0.136. The van der Waals surface area contributed by atoms with Crippen LogP contribution in [0.25, 0.3) is 0 Å². The van der Waals surface area contributed by atoms with Crippen LogP contribution in [-0.4, -0.2) is 36.7 Å². The summed E-state index contributed by atoms with van der Waals surface area (Å²) < 4.78 is 11.0. The summed E-state index contributed by atoms with van der Waals surface area (Å²) in [5, 5.41) is 11.1. The van der Waals surface area contributed by atoms with Gasteiger partial charge in [0.1, 0.15) is 12.4 Å². The Labute approximate surface area is 177 Å². The summed E-state index contributed by atoms with van der Waals surface area (Å²) in [6.45, 7) is 9.55. The van der Waals surface area contributed by atoms with E-state index in [0.29, 0.717) is 37.2 Å². The smallest absolute Gasteiger partial charge is 0.334 e. The van der Waals surface area contributed by atoms with Crippen molar-refractivity contribution in [3.05, 3.63) is 52.6 Å². The fourth-order valence-corrected chi connectivity index (χ4v) is 5.33. The number of aromatic hydroxyl groups is 1. The first kappa shape index (κ1) is 20.9. The Morgan fingerprint density at radius 3 is 2.93 bits per heavy atom. The molecule has 0 amide bonds. The van der Waals surface area contributed by atoms with E-state index in [4.69, 9.17) is 9.47 Å². The minimum atomic E-state index is -0.298. The van der Waals surface area contributed by atoms with E-state index in [1.165, 1.54) is 0 Å². The fraction of sp³-hybridized carbons (Fsp3) is 0.520. The molecule has 0 saturated heterocycles. The van der Waals surface area contributed by atoms with Crippen LogP contribution in [0.5, 0.6) is 5.75 Å². The lowest BCUT2D eigenvalue weighted by Gasteiger charge is -2.46. The van der Waals surface area contributed by atoms with E-state index in [-0.39, 0.29) is 41.4 Å². The van der Waals surface area contributed by atoms with E-state index in [0.717, 1.165) is 36.0 Å². The molecule has 0 saturated carbocycles. The van der Waals surface area contributed by atoms with Gasteiger partial charge in [-0.25, -0.2) is 4.79 Å². The van der Waals surface area contributed by atoms with Gasteiger partial charge in [-0.3, -0.25) is 4.79 Å². The number of unbranched alkanes of at least 4 members (excludes halogenated alkanes) is 1. The number of esters is 1. The van der Waals surface area contributed by atoms with Gasteiger partial charge in [0.2, 0.25) is 0 Å². The molecule has 0 spiro atoms. The number of phenolic OH excluding ortho intramolecular Hbond substituents is 1. The molecule has 3 aliphatic rings. The Bertz CT molecular complexity index is 928. The minimum Gasteiger partial charge on any atom is -0.507 e. The predicted molar refractivity (Wildman–Crippen MR) is 114 cm³/mol. The zero-order chi connectivity index (χ0) is 21.5. The summed E-state index contributed by atoms with van der Waals surface area (Å²) in [6.07, 6.45) is 5.52. The SMILES string of the molecule is C=CC(COCCCC)c1ccc2c(c1O)C(=O)C[C@H]1C3=C(CC[C@]21C)C(=O)OC3. The van der Waals surface area contributed by atoms with Crippen LogP contribution in [0.1, 0.15) is 73.4 Å². The number of carbonyl (C=O) groups is 2. The number of benzene rings is 1. The van der Waals surface area contributed by atoms with Gasteiger partial charge in [-0.1, -0.05) is 38.5 Å². The second-order valence-corrected chi connectivity index (χ2v) is 8.87. The molecule has 0 fully saturated rings. The van der Waals surface area contributed by atoms with Crippen LogP contribution in [0, 0.1) is 5.92 Å². The Kier molecular flexibility index (Phi) is 5.58. The molecule has 1 aromatic carbocycles. The fourth-order valence-electron chi connectivity index (χ4n) is 5.33. The second-order valence-electron chi connectivity index (χ2n) is 8.87. The van der Waals surface area contributed by atoms with Crippen molar-refractivity contribution < 1.29 is 24.2 Å². The molecule has 1 aliphatic heterocycles. The number of cyclic esters (lactones) is 1. The molecule has 3 atom stereocenters. The van der Waals surface area contributed by atoms with E-state index in [2.05, 4.69) is 20.4 Å². The van der Waals surface area contributed by atoms with Crippen molar-refractivity contribution in [3.8, 4) is 5.75 Å². The number of fused-ring (bicyclic) bond motifs is 4. The third-order valence-electron chi connectivity index (χ3n) is 7.19. The molecule has 2 aliphatic carbocycles. The van der Waals surface area contributed by atoms with Gasteiger partial charge in [0.15, 0.2) is 5.78 Å². The first-order valence-corrected chi connectivity index (χ1v) is 10.9. The molecule has 1 unspecified atom stereocenters. The average Bonchev–Trinajstić information content (AvgIpc) is 3.11. The molecular weight excluding hydrogens is 380 g/mol. The molecule has 0 radical (unpaired) electrons. The first-order valence-electron chi connectivity index (χ1n) is 10.9. The van der Waals surface area contributed by atoms with Gasteiger partial charge in [0, 0.05) is 41.4 Å². The van der Waals surface area contributed by atoms with Gasteiger partial charge in [0.25, 0.3) is 0 Å². The number of carbonyl (C=O) groups excluding carboxylic acids is 2. The van der Waals surface area contributed by atoms with Gasteiger partial charge in [-0.2, -0.15) is 0 Å². The average molecular weight is 411 g/mol. The number of Topliss-reactive ketones (excluding diaryl/α,β-unsaturated/α-hetero) is 1. The Morgan fingerprint density at radius 2 is 2.20 bits per heavy atom. The van der Waals surface area contributed by atoms with Crippen LogP contribution in [-0.2, 0) is 19.7 Å². The van der Waals surface area contributed by atoms with Crippen LogP contribution in [0.15, 0.2) is 35.9 Å². The van der Waals surface area contributed by atoms with E-state index in [1.807, 2.05) is 12.1 Å². The Morgan fingerprint density at radius 1 is 1.40 bits per heavy atom. The third kappa shape index (κ3) is 3.20. The summed E-state index contributed by atoms with van der Waals surface area (Å²) in [4.78, 5) is 25.2. The summed E-state index contributed by atoms with van der Waals surface area (Å²) in [5.74, 6) is -0.479. The zero-order valence-corrected chi connectivity index (χ0v) is 17.8. The summed E-state index contributed by atoms with van der Waals surface area (Å²) in [7, 11) is 0. The zero-order valence-electron chi connectivity index (χ0n) is 17.8. The van der Waals surface area contributed by atoms with Gasteiger partial charge >= 0.3 is 5.97 Å².